The number of carboxylic acids is 1. The standard InChI is InChI=1S/C22H28N4O5S/c1-3-32(30,31)24-18-8-9-20(19(14-18)22(28)29)26-12-10-25(11-13-26)15-21(27)23-17-6-4-16(2)5-7-17/h4-9,14,24H,3,10-13,15H2,1-2H3,(H,23,27)(H,28,29). The van der Waals surface area contributed by atoms with E-state index in [4.69, 9.17) is 0 Å². The van der Waals surface area contributed by atoms with Crippen LogP contribution in [0.5, 0.6) is 0 Å². The number of carbonyl (C=O) groups excluding carboxylic acids is 1. The number of aromatic carboxylic acids is 1. The van der Waals surface area contributed by atoms with Gasteiger partial charge >= 0.3 is 5.97 Å². The third-order valence-electron chi connectivity index (χ3n) is 5.30. The molecule has 0 bridgehead atoms. The third-order valence-corrected chi connectivity index (χ3v) is 6.60. The first-order valence-electron chi connectivity index (χ1n) is 10.4. The Labute approximate surface area is 188 Å². The van der Waals surface area contributed by atoms with Gasteiger partial charge in [0.2, 0.25) is 15.9 Å². The fraction of sp³-hybridized carbons (Fsp3) is 0.364. The molecule has 0 radical (unpaired) electrons. The van der Waals surface area contributed by atoms with Crippen molar-refractivity contribution in [1.29, 1.82) is 0 Å². The summed E-state index contributed by atoms with van der Waals surface area (Å²) in [7, 11) is -3.50. The molecule has 0 unspecified atom stereocenters. The van der Waals surface area contributed by atoms with Crippen molar-refractivity contribution in [2.45, 2.75) is 13.8 Å². The van der Waals surface area contributed by atoms with E-state index in [0.29, 0.717) is 31.9 Å². The molecule has 3 rings (SSSR count). The lowest BCUT2D eigenvalue weighted by Crippen LogP contribution is -2.49. The van der Waals surface area contributed by atoms with Crippen LogP contribution in [-0.4, -0.2) is 68.8 Å². The summed E-state index contributed by atoms with van der Waals surface area (Å²) in [5.41, 5.74) is 2.66. The van der Waals surface area contributed by atoms with Gasteiger partial charge in [-0.05, 0) is 44.2 Å². The number of hydrogen-bond donors (Lipinski definition) is 3. The predicted octanol–water partition coefficient (Wildman–Crippen LogP) is 2.22. The molecule has 0 saturated carbocycles. The van der Waals surface area contributed by atoms with Crippen LogP contribution in [0.4, 0.5) is 17.1 Å². The van der Waals surface area contributed by atoms with Gasteiger partial charge < -0.3 is 15.3 Å². The summed E-state index contributed by atoms with van der Waals surface area (Å²) >= 11 is 0. The number of benzene rings is 2. The fourth-order valence-electron chi connectivity index (χ4n) is 3.49. The van der Waals surface area contributed by atoms with Gasteiger partial charge in [0.25, 0.3) is 0 Å². The summed E-state index contributed by atoms with van der Waals surface area (Å²) in [4.78, 5) is 28.1. The summed E-state index contributed by atoms with van der Waals surface area (Å²) < 4.78 is 26.0. The molecule has 1 aliphatic rings. The van der Waals surface area contributed by atoms with Crippen LogP contribution in [0.2, 0.25) is 0 Å². The van der Waals surface area contributed by atoms with Crippen molar-refractivity contribution in [3.8, 4) is 0 Å². The molecule has 0 spiro atoms. The van der Waals surface area contributed by atoms with Gasteiger partial charge in [0.05, 0.1) is 23.5 Å². The number of carbonyl (C=O) groups is 2. The average molecular weight is 461 g/mol. The van der Waals surface area contributed by atoms with E-state index in [0.717, 1.165) is 11.3 Å². The second-order valence-electron chi connectivity index (χ2n) is 7.72. The van der Waals surface area contributed by atoms with Crippen molar-refractivity contribution in [3.05, 3.63) is 53.6 Å². The molecule has 3 N–H and O–H groups in total. The molecule has 0 aliphatic carbocycles. The lowest BCUT2D eigenvalue weighted by Gasteiger charge is -2.36. The minimum Gasteiger partial charge on any atom is -0.478 e. The van der Waals surface area contributed by atoms with Crippen molar-refractivity contribution in [3.63, 3.8) is 0 Å². The van der Waals surface area contributed by atoms with Gasteiger partial charge in [-0.2, -0.15) is 0 Å². The molecule has 1 saturated heterocycles. The zero-order chi connectivity index (χ0) is 23.3. The lowest BCUT2D eigenvalue weighted by atomic mass is 10.1. The summed E-state index contributed by atoms with van der Waals surface area (Å²) in [5.74, 6) is -1.32. The molecule has 32 heavy (non-hydrogen) atoms. The molecule has 10 heteroatoms. The number of rotatable bonds is 8. The van der Waals surface area contributed by atoms with Crippen molar-refractivity contribution in [2.75, 3.05) is 53.4 Å². The second-order valence-corrected chi connectivity index (χ2v) is 9.73. The zero-order valence-electron chi connectivity index (χ0n) is 18.2. The quantitative estimate of drug-likeness (QED) is 0.553. The van der Waals surface area contributed by atoms with Crippen LogP contribution in [0.1, 0.15) is 22.8 Å². The molecule has 1 fully saturated rings. The van der Waals surface area contributed by atoms with Crippen molar-refractivity contribution in [2.24, 2.45) is 0 Å². The van der Waals surface area contributed by atoms with E-state index in [1.807, 2.05) is 41.0 Å². The van der Waals surface area contributed by atoms with Gasteiger partial charge in [-0.1, -0.05) is 17.7 Å². The Morgan fingerprint density at radius 3 is 2.22 bits per heavy atom. The highest BCUT2D eigenvalue weighted by atomic mass is 32.2. The van der Waals surface area contributed by atoms with Crippen LogP contribution in [0.25, 0.3) is 0 Å². The monoisotopic (exact) mass is 460 g/mol. The SMILES string of the molecule is CCS(=O)(=O)Nc1ccc(N2CCN(CC(=O)Nc3ccc(C)cc3)CC2)c(C(=O)O)c1. The minimum atomic E-state index is -3.50. The zero-order valence-corrected chi connectivity index (χ0v) is 19.0. The van der Waals surface area contributed by atoms with Crippen LogP contribution in [-0.2, 0) is 14.8 Å². The number of sulfonamides is 1. The first-order chi connectivity index (χ1) is 15.2. The van der Waals surface area contributed by atoms with Gasteiger partial charge in [0.1, 0.15) is 0 Å². The molecule has 0 atom stereocenters. The molecule has 2 aromatic rings. The smallest absolute Gasteiger partial charge is 0.337 e. The first kappa shape index (κ1) is 23.6. The Morgan fingerprint density at radius 1 is 1.00 bits per heavy atom. The summed E-state index contributed by atoms with van der Waals surface area (Å²) in [6.45, 7) is 6.06. The first-order valence-corrected chi connectivity index (χ1v) is 12.0. The number of aryl methyl sites for hydroxylation is 1. The van der Waals surface area contributed by atoms with Crippen molar-refractivity contribution < 1.29 is 23.1 Å². The number of anilines is 3. The van der Waals surface area contributed by atoms with Gasteiger partial charge in [-0.15, -0.1) is 0 Å². The summed E-state index contributed by atoms with van der Waals surface area (Å²) in [6, 6.07) is 12.1. The molecule has 172 valence electrons. The normalized spacial score (nSPS) is 14.8. The molecular weight excluding hydrogens is 432 g/mol. The topological polar surface area (TPSA) is 119 Å². The van der Waals surface area contributed by atoms with Crippen LogP contribution >= 0.6 is 0 Å². The third kappa shape index (κ3) is 6.21. The molecule has 9 nitrogen and oxygen atoms in total. The molecular formula is C22H28N4O5S. The van der Waals surface area contributed by atoms with Gasteiger partial charge in [0, 0.05) is 37.6 Å². The van der Waals surface area contributed by atoms with E-state index >= 15 is 0 Å². The van der Waals surface area contributed by atoms with Crippen molar-refractivity contribution in [1.82, 2.24) is 4.90 Å². The van der Waals surface area contributed by atoms with Crippen LogP contribution in [0, 0.1) is 6.92 Å². The van der Waals surface area contributed by atoms with Crippen LogP contribution in [0.15, 0.2) is 42.5 Å². The van der Waals surface area contributed by atoms with Crippen LogP contribution in [0.3, 0.4) is 0 Å². The Bertz CT molecular complexity index is 1080. The highest BCUT2D eigenvalue weighted by Crippen LogP contribution is 2.26. The second kappa shape index (κ2) is 10.0. The lowest BCUT2D eigenvalue weighted by molar-refractivity contribution is -0.117. The predicted molar refractivity (Wildman–Crippen MR) is 125 cm³/mol. The molecule has 1 aliphatic heterocycles. The molecule has 1 heterocycles. The number of carboxylic acid groups (broad SMARTS) is 1. The van der Waals surface area contributed by atoms with Gasteiger partial charge in [0.15, 0.2) is 0 Å². The van der Waals surface area contributed by atoms with Gasteiger partial charge in [-0.3, -0.25) is 14.4 Å². The average Bonchev–Trinajstić information content (AvgIpc) is 2.75. The highest BCUT2D eigenvalue weighted by molar-refractivity contribution is 7.92. The van der Waals surface area contributed by atoms with E-state index in [1.165, 1.54) is 13.0 Å². The van der Waals surface area contributed by atoms with E-state index < -0.39 is 16.0 Å². The summed E-state index contributed by atoms with van der Waals surface area (Å²) in [5, 5.41) is 12.5. The molecule has 0 aromatic heterocycles. The maximum absolute atomic E-state index is 12.3. The van der Waals surface area contributed by atoms with Crippen molar-refractivity contribution >= 4 is 39.0 Å². The van der Waals surface area contributed by atoms with E-state index in [1.54, 1.807) is 12.1 Å². The Kier molecular flexibility index (Phi) is 7.37. The number of nitrogens with one attached hydrogen (secondary N) is 2. The molecule has 1 amide bonds. The Hall–Kier alpha value is -3.11. The van der Waals surface area contributed by atoms with E-state index in [2.05, 4.69) is 10.0 Å². The number of piperazine rings is 1. The maximum Gasteiger partial charge on any atom is 0.337 e. The van der Waals surface area contributed by atoms with E-state index in [-0.39, 0.29) is 29.5 Å². The van der Waals surface area contributed by atoms with Crippen LogP contribution < -0.4 is 14.9 Å². The Balaban J connectivity index is 1.60. The van der Waals surface area contributed by atoms with Gasteiger partial charge in [-0.25, -0.2) is 13.2 Å². The molecule has 2 aromatic carbocycles. The Morgan fingerprint density at radius 2 is 1.62 bits per heavy atom. The number of nitrogens with zero attached hydrogens (tertiary/aromatic N) is 2. The maximum atomic E-state index is 12.3. The summed E-state index contributed by atoms with van der Waals surface area (Å²) in [6.07, 6.45) is 0. The highest BCUT2D eigenvalue weighted by Gasteiger charge is 2.23. The minimum absolute atomic E-state index is 0.0341. The fourth-order valence-corrected chi connectivity index (χ4v) is 4.12. The number of amides is 1. The van der Waals surface area contributed by atoms with E-state index in [9.17, 15) is 23.1 Å². The largest absolute Gasteiger partial charge is 0.478 e. The number of hydrogen-bond acceptors (Lipinski definition) is 6.